The highest BCUT2D eigenvalue weighted by atomic mass is 16.5. The molecule has 2 amide bonds. The van der Waals surface area contributed by atoms with Crippen molar-refractivity contribution in [1.29, 1.82) is 0 Å². The van der Waals surface area contributed by atoms with Gasteiger partial charge in [0.05, 0.1) is 5.52 Å². The first-order valence-electron chi connectivity index (χ1n) is 10.3. The van der Waals surface area contributed by atoms with Crippen LogP contribution in [0.3, 0.4) is 0 Å². The zero-order valence-corrected chi connectivity index (χ0v) is 16.8. The Hall–Kier alpha value is -3.19. The number of hydrogen-bond acceptors (Lipinski definition) is 4. The van der Waals surface area contributed by atoms with E-state index in [0.29, 0.717) is 18.0 Å². The third-order valence-corrected chi connectivity index (χ3v) is 5.58. The summed E-state index contributed by atoms with van der Waals surface area (Å²) >= 11 is 0. The van der Waals surface area contributed by atoms with Gasteiger partial charge in [-0.05, 0) is 30.4 Å². The first-order chi connectivity index (χ1) is 14.6. The molecule has 1 aliphatic rings. The summed E-state index contributed by atoms with van der Waals surface area (Å²) < 4.78 is 7.35. The summed E-state index contributed by atoms with van der Waals surface area (Å²) in [6.07, 6.45) is 2.30. The summed E-state index contributed by atoms with van der Waals surface area (Å²) in [6, 6.07) is 16.4. The zero-order valence-electron chi connectivity index (χ0n) is 16.8. The number of primary amides is 1. The van der Waals surface area contributed by atoms with Crippen LogP contribution in [-0.2, 0) is 22.5 Å². The molecule has 3 N–H and O–H groups in total. The standard InChI is InChI=1S/C23H26N4O3/c24-22(28)19(14-16-6-2-1-3-7-16)25-23(29)21-18-8-4-5-9-20(18)27(26-21)15-17-10-12-30-13-11-17/h1-9,17,19H,10-15H2,(H2,24,28)(H,25,29). The smallest absolute Gasteiger partial charge is 0.273 e. The number of benzene rings is 2. The molecule has 156 valence electrons. The Morgan fingerprint density at radius 3 is 2.53 bits per heavy atom. The van der Waals surface area contributed by atoms with Crippen LogP contribution in [0.15, 0.2) is 54.6 Å². The van der Waals surface area contributed by atoms with Gasteiger partial charge in [-0.3, -0.25) is 14.3 Å². The molecule has 4 rings (SSSR count). The van der Waals surface area contributed by atoms with Gasteiger partial charge in [0, 0.05) is 31.6 Å². The Kier molecular flexibility index (Phi) is 6.09. The van der Waals surface area contributed by atoms with Gasteiger partial charge in [0.25, 0.3) is 5.91 Å². The van der Waals surface area contributed by atoms with Crippen molar-refractivity contribution in [2.45, 2.75) is 31.8 Å². The highest BCUT2D eigenvalue weighted by Crippen LogP contribution is 2.23. The largest absolute Gasteiger partial charge is 0.381 e. The maximum atomic E-state index is 13.1. The van der Waals surface area contributed by atoms with E-state index in [1.165, 1.54) is 0 Å². The lowest BCUT2D eigenvalue weighted by molar-refractivity contribution is -0.119. The topological polar surface area (TPSA) is 99.2 Å². The number of nitrogens with two attached hydrogens (primary N) is 1. The second-order valence-electron chi connectivity index (χ2n) is 7.72. The molecule has 0 spiro atoms. The van der Waals surface area contributed by atoms with E-state index in [1.54, 1.807) is 0 Å². The Morgan fingerprint density at radius 1 is 1.10 bits per heavy atom. The predicted molar refractivity (Wildman–Crippen MR) is 114 cm³/mol. The van der Waals surface area contributed by atoms with E-state index in [0.717, 1.165) is 49.1 Å². The average Bonchev–Trinajstić information content (AvgIpc) is 3.13. The van der Waals surface area contributed by atoms with Crippen LogP contribution in [-0.4, -0.2) is 40.9 Å². The number of amides is 2. The maximum absolute atomic E-state index is 13.1. The van der Waals surface area contributed by atoms with Gasteiger partial charge < -0.3 is 15.8 Å². The molecular formula is C23H26N4O3. The van der Waals surface area contributed by atoms with Crippen molar-refractivity contribution < 1.29 is 14.3 Å². The van der Waals surface area contributed by atoms with Gasteiger partial charge in [0.2, 0.25) is 5.91 Å². The monoisotopic (exact) mass is 406 g/mol. The van der Waals surface area contributed by atoms with Crippen molar-refractivity contribution in [1.82, 2.24) is 15.1 Å². The van der Waals surface area contributed by atoms with Gasteiger partial charge >= 0.3 is 0 Å². The summed E-state index contributed by atoms with van der Waals surface area (Å²) in [6.45, 7) is 2.26. The number of aromatic nitrogens is 2. The summed E-state index contributed by atoms with van der Waals surface area (Å²) in [4.78, 5) is 25.0. The number of nitrogens with zero attached hydrogens (tertiary/aromatic N) is 2. The number of carbonyl (C=O) groups is 2. The van der Waals surface area contributed by atoms with E-state index in [-0.39, 0.29) is 0 Å². The molecule has 0 radical (unpaired) electrons. The van der Waals surface area contributed by atoms with Crippen LogP contribution in [0.1, 0.15) is 28.9 Å². The summed E-state index contributed by atoms with van der Waals surface area (Å²) in [5.41, 5.74) is 7.72. The maximum Gasteiger partial charge on any atom is 0.273 e. The molecule has 2 aromatic carbocycles. The van der Waals surface area contributed by atoms with Crippen LogP contribution in [0.5, 0.6) is 0 Å². The van der Waals surface area contributed by atoms with Crippen molar-refractivity contribution in [2.75, 3.05) is 13.2 Å². The fourth-order valence-electron chi connectivity index (χ4n) is 3.91. The minimum Gasteiger partial charge on any atom is -0.381 e. The number of nitrogens with one attached hydrogen (secondary N) is 1. The number of fused-ring (bicyclic) bond motifs is 1. The lowest BCUT2D eigenvalue weighted by Crippen LogP contribution is -2.46. The molecule has 1 unspecified atom stereocenters. The Balaban J connectivity index is 1.56. The second-order valence-corrected chi connectivity index (χ2v) is 7.72. The fraction of sp³-hybridized carbons (Fsp3) is 0.348. The normalized spacial score (nSPS) is 15.7. The van der Waals surface area contributed by atoms with Crippen LogP contribution in [0.25, 0.3) is 10.9 Å². The molecule has 30 heavy (non-hydrogen) atoms. The summed E-state index contributed by atoms with van der Waals surface area (Å²) in [7, 11) is 0. The van der Waals surface area contributed by atoms with E-state index in [9.17, 15) is 9.59 Å². The number of hydrogen-bond donors (Lipinski definition) is 2. The molecule has 2 heterocycles. The predicted octanol–water partition coefficient (Wildman–Crippen LogP) is 2.29. The Labute approximate surface area is 175 Å². The molecule has 1 fully saturated rings. The molecule has 7 heteroatoms. The highest BCUT2D eigenvalue weighted by molar-refractivity contribution is 6.06. The van der Waals surface area contributed by atoms with Crippen molar-refractivity contribution in [2.24, 2.45) is 11.7 Å². The van der Waals surface area contributed by atoms with E-state index in [2.05, 4.69) is 10.4 Å². The van der Waals surface area contributed by atoms with Crippen molar-refractivity contribution >= 4 is 22.7 Å². The van der Waals surface area contributed by atoms with E-state index >= 15 is 0 Å². The third-order valence-electron chi connectivity index (χ3n) is 5.58. The lowest BCUT2D eigenvalue weighted by atomic mass is 10.0. The summed E-state index contributed by atoms with van der Waals surface area (Å²) in [5.74, 6) is -0.496. The number of rotatable bonds is 7. The minimum atomic E-state index is -0.806. The molecule has 1 aromatic heterocycles. The first-order valence-corrected chi connectivity index (χ1v) is 10.3. The molecule has 0 saturated carbocycles. The number of carbonyl (C=O) groups excluding carboxylic acids is 2. The SMILES string of the molecule is NC(=O)C(Cc1ccccc1)NC(=O)c1nn(CC2CCOCC2)c2ccccc12. The van der Waals surface area contributed by atoms with Gasteiger partial charge in [-0.1, -0.05) is 48.5 Å². The summed E-state index contributed by atoms with van der Waals surface area (Å²) in [5, 5.41) is 8.16. The quantitative estimate of drug-likeness (QED) is 0.629. The van der Waals surface area contributed by atoms with E-state index in [4.69, 9.17) is 10.5 Å². The molecule has 1 aliphatic heterocycles. The van der Waals surface area contributed by atoms with Crippen LogP contribution in [0.2, 0.25) is 0 Å². The van der Waals surface area contributed by atoms with Crippen LogP contribution in [0.4, 0.5) is 0 Å². The fourth-order valence-corrected chi connectivity index (χ4v) is 3.91. The van der Waals surface area contributed by atoms with Gasteiger partial charge in [-0.2, -0.15) is 5.10 Å². The third kappa shape index (κ3) is 4.52. The van der Waals surface area contributed by atoms with Crippen LogP contribution < -0.4 is 11.1 Å². The Morgan fingerprint density at radius 2 is 1.80 bits per heavy atom. The van der Waals surface area contributed by atoms with Gasteiger partial charge in [0.15, 0.2) is 5.69 Å². The van der Waals surface area contributed by atoms with Gasteiger partial charge in [-0.15, -0.1) is 0 Å². The molecule has 0 bridgehead atoms. The molecule has 1 atom stereocenters. The van der Waals surface area contributed by atoms with Crippen molar-refractivity contribution in [3.05, 3.63) is 65.9 Å². The van der Waals surface area contributed by atoms with Crippen LogP contribution in [0, 0.1) is 5.92 Å². The highest BCUT2D eigenvalue weighted by Gasteiger charge is 2.24. The first kappa shape index (κ1) is 20.1. The minimum absolute atomic E-state index is 0.317. The van der Waals surface area contributed by atoms with Crippen molar-refractivity contribution in [3.63, 3.8) is 0 Å². The molecule has 3 aromatic rings. The number of ether oxygens (including phenoxy) is 1. The van der Waals surface area contributed by atoms with Crippen LogP contribution >= 0.6 is 0 Å². The van der Waals surface area contributed by atoms with Crippen molar-refractivity contribution in [3.8, 4) is 0 Å². The zero-order chi connectivity index (χ0) is 20.9. The number of para-hydroxylation sites is 1. The lowest BCUT2D eigenvalue weighted by Gasteiger charge is -2.22. The average molecular weight is 406 g/mol. The van der Waals surface area contributed by atoms with E-state index in [1.807, 2.05) is 59.3 Å². The molecule has 1 saturated heterocycles. The molecular weight excluding hydrogens is 380 g/mol. The van der Waals surface area contributed by atoms with E-state index < -0.39 is 17.9 Å². The second kappa shape index (κ2) is 9.09. The Bertz CT molecular complexity index is 1030. The van der Waals surface area contributed by atoms with Gasteiger partial charge in [-0.25, -0.2) is 0 Å². The van der Waals surface area contributed by atoms with Gasteiger partial charge in [0.1, 0.15) is 6.04 Å². The molecule has 0 aliphatic carbocycles. The molecule has 7 nitrogen and oxygen atoms in total.